The zero-order chi connectivity index (χ0) is 6.10. The average molecular weight is 126 g/mol. The molecule has 0 saturated carbocycles. The zero-order valence-corrected chi connectivity index (χ0v) is 5.55. The minimum absolute atomic E-state index is 0.553. The standard InChI is InChI=1S/C7H12NO/c1-2-6-4-9-5-7(3-1)8-6/h6-7H,1-5H2. The summed E-state index contributed by atoms with van der Waals surface area (Å²) in [6.45, 7) is 1.77. The van der Waals surface area contributed by atoms with Crippen LogP contribution in [0.3, 0.4) is 0 Å². The third-order valence-corrected chi connectivity index (χ3v) is 2.12. The van der Waals surface area contributed by atoms with Gasteiger partial charge in [-0.2, -0.15) is 0 Å². The molecule has 0 aliphatic carbocycles. The maximum Gasteiger partial charge on any atom is 0.0636 e. The van der Waals surface area contributed by atoms with E-state index in [9.17, 15) is 0 Å². The first-order valence-corrected chi connectivity index (χ1v) is 3.73. The van der Waals surface area contributed by atoms with Gasteiger partial charge < -0.3 is 4.74 Å². The maximum absolute atomic E-state index is 5.34. The van der Waals surface area contributed by atoms with Crippen LogP contribution in [-0.4, -0.2) is 25.3 Å². The van der Waals surface area contributed by atoms with E-state index in [4.69, 9.17) is 4.74 Å². The van der Waals surface area contributed by atoms with Crippen LogP contribution in [0.1, 0.15) is 19.3 Å². The molecule has 51 valence electrons. The Morgan fingerprint density at radius 3 is 2.33 bits per heavy atom. The molecule has 1 radical (unpaired) electrons. The predicted octanol–water partition coefficient (Wildman–Crippen LogP) is 0.542. The van der Waals surface area contributed by atoms with Crippen LogP contribution in [0.4, 0.5) is 0 Å². The quantitative estimate of drug-likeness (QED) is 0.464. The number of hydrogen-bond donors (Lipinski definition) is 0. The van der Waals surface area contributed by atoms with E-state index in [0.29, 0.717) is 12.1 Å². The predicted molar refractivity (Wildman–Crippen MR) is 34.4 cm³/mol. The summed E-state index contributed by atoms with van der Waals surface area (Å²) < 4.78 is 5.34. The Balaban J connectivity index is 1.96. The van der Waals surface area contributed by atoms with Crippen molar-refractivity contribution in [3.05, 3.63) is 0 Å². The Hall–Kier alpha value is -0.0800. The van der Waals surface area contributed by atoms with Crippen LogP contribution >= 0.6 is 0 Å². The lowest BCUT2D eigenvalue weighted by Gasteiger charge is -2.33. The van der Waals surface area contributed by atoms with Gasteiger partial charge in [0.1, 0.15) is 0 Å². The van der Waals surface area contributed by atoms with Gasteiger partial charge in [-0.15, -0.1) is 0 Å². The fraction of sp³-hybridized carbons (Fsp3) is 1.00. The Labute approximate surface area is 55.6 Å². The minimum atomic E-state index is 0.553. The van der Waals surface area contributed by atoms with Gasteiger partial charge in [0.05, 0.1) is 13.2 Å². The summed E-state index contributed by atoms with van der Waals surface area (Å²) in [4.78, 5) is 0. The molecule has 0 N–H and O–H groups in total. The van der Waals surface area contributed by atoms with Gasteiger partial charge in [-0.3, -0.25) is 0 Å². The number of piperidine rings is 1. The summed E-state index contributed by atoms with van der Waals surface area (Å²) in [5, 5.41) is 4.56. The van der Waals surface area contributed by atoms with E-state index in [1.54, 1.807) is 0 Å². The van der Waals surface area contributed by atoms with Crippen molar-refractivity contribution in [3.63, 3.8) is 0 Å². The molecule has 0 aromatic carbocycles. The van der Waals surface area contributed by atoms with E-state index < -0.39 is 0 Å². The molecule has 0 amide bonds. The van der Waals surface area contributed by atoms with Crippen molar-refractivity contribution in [1.29, 1.82) is 0 Å². The average Bonchev–Trinajstić information content (AvgIpc) is 1.88. The molecule has 2 nitrogen and oxygen atoms in total. The summed E-state index contributed by atoms with van der Waals surface area (Å²) in [5.74, 6) is 0. The van der Waals surface area contributed by atoms with E-state index in [-0.39, 0.29) is 0 Å². The lowest BCUT2D eigenvalue weighted by Crippen LogP contribution is -2.46. The summed E-state index contributed by atoms with van der Waals surface area (Å²) in [7, 11) is 0. The molecular formula is C7H12NO. The highest BCUT2D eigenvalue weighted by atomic mass is 16.5. The second kappa shape index (κ2) is 2.27. The fourth-order valence-electron chi connectivity index (χ4n) is 1.63. The van der Waals surface area contributed by atoms with Gasteiger partial charge in [0, 0.05) is 12.1 Å². The Morgan fingerprint density at radius 2 is 1.78 bits per heavy atom. The molecule has 2 heteroatoms. The van der Waals surface area contributed by atoms with Crippen LogP contribution < -0.4 is 5.32 Å². The first-order chi connectivity index (χ1) is 4.45. The second-order valence-corrected chi connectivity index (χ2v) is 2.93. The Bertz CT molecular complexity index is 85.1. The first-order valence-electron chi connectivity index (χ1n) is 3.73. The van der Waals surface area contributed by atoms with Crippen molar-refractivity contribution in [2.75, 3.05) is 13.2 Å². The normalized spacial score (nSPS) is 42.7. The summed E-state index contributed by atoms with van der Waals surface area (Å²) in [6.07, 6.45) is 3.88. The topological polar surface area (TPSA) is 23.3 Å². The SMILES string of the molecule is C1CC2COCC(C1)[N]2. The van der Waals surface area contributed by atoms with Crippen LogP contribution in [0, 0.1) is 0 Å². The van der Waals surface area contributed by atoms with Gasteiger partial charge in [0.25, 0.3) is 0 Å². The highest BCUT2D eigenvalue weighted by Gasteiger charge is 2.26. The van der Waals surface area contributed by atoms with Gasteiger partial charge in [-0.05, 0) is 12.8 Å². The molecule has 2 bridgehead atoms. The van der Waals surface area contributed by atoms with Crippen molar-refractivity contribution in [3.8, 4) is 0 Å². The third kappa shape index (κ3) is 1.10. The van der Waals surface area contributed by atoms with Crippen LogP contribution in [0.15, 0.2) is 0 Å². The molecule has 2 heterocycles. The van der Waals surface area contributed by atoms with Crippen LogP contribution in [-0.2, 0) is 4.74 Å². The summed E-state index contributed by atoms with van der Waals surface area (Å²) >= 11 is 0. The highest BCUT2D eigenvalue weighted by molar-refractivity contribution is 4.82. The number of rotatable bonds is 0. The van der Waals surface area contributed by atoms with Crippen LogP contribution in [0.5, 0.6) is 0 Å². The molecule has 0 aromatic heterocycles. The van der Waals surface area contributed by atoms with E-state index in [0.717, 1.165) is 13.2 Å². The van der Waals surface area contributed by atoms with Crippen LogP contribution in [0.2, 0.25) is 0 Å². The molecule has 2 aliphatic rings. The lowest BCUT2D eigenvalue weighted by molar-refractivity contribution is 0.0208. The van der Waals surface area contributed by atoms with E-state index in [2.05, 4.69) is 5.32 Å². The van der Waals surface area contributed by atoms with Crippen LogP contribution in [0.25, 0.3) is 0 Å². The number of morpholine rings is 1. The Kier molecular flexibility index (Phi) is 1.44. The van der Waals surface area contributed by atoms with Gasteiger partial charge in [0.2, 0.25) is 0 Å². The Morgan fingerprint density at radius 1 is 1.11 bits per heavy atom. The van der Waals surface area contributed by atoms with Gasteiger partial charge in [-0.1, -0.05) is 6.42 Å². The van der Waals surface area contributed by atoms with Gasteiger partial charge in [-0.25, -0.2) is 5.32 Å². The molecular weight excluding hydrogens is 114 g/mol. The zero-order valence-electron chi connectivity index (χ0n) is 5.55. The second-order valence-electron chi connectivity index (χ2n) is 2.93. The molecule has 2 atom stereocenters. The molecule has 2 aliphatic heterocycles. The molecule has 2 saturated heterocycles. The van der Waals surface area contributed by atoms with Crippen molar-refractivity contribution in [2.24, 2.45) is 0 Å². The largest absolute Gasteiger partial charge is 0.378 e. The molecule has 2 rings (SSSR count). The maximum atomic E-state index is 5.34. The van der Waals surface area contributed by atoms with Crippen molar-refractivity contribution in [2.45, 2.75) is 31.3 Å². The van der Waals surface area contributed by atoms with E-state index in [1.165, 1.54) is 19.3 Å². The lowest BCUT2D eigenvalue weighted by atomic mass is 9.98. The molecule has 2 fully saturated rings. The molecule has 0 aromatic rings. The number of hydrogen-bond acceptors (Lipinski definition) is 1. The number of ether oxygens (including phenoxy) is 1. The van der Waals surface area contributed by atoms with Crippen molar-refractivity contribution >= 4 is 0 Å². The molecule has 9 heavy (non-hydrogen) atoms. The highest BCUT2D eigenvalue weighted by Crippen LogP contribution is 2.18. The van der Waals surface area contributed by atoms with E-state index in [1.807, 2.05) is 0 Å². The van der Waals surface area contributed by atoms with Crippen molar-refractivity contribution in [1.82, 2.24) is 5.32 Å². The molecule has 2 unspecified atom stereocenters. The fourth-order valence-corrected chi connectivity index (χ4v) is 1.63. The molecule has 0 spiro atoms. The van der Waals surface area contributed by atoms with Crippen molar-refractivity contribution < 1.29 is 4.74 Å². The van der Waals surface area contributed by atoms with E-state index >= 15 is 0 Å². The number of fused-ring (bicyclic) bond motifs is 2. The third-order valence-electron chi connectivity index (χ3n) is 2.12. The number of nitrogens with zero attached hydrogens (tertiary/aromatic N) is 1. The minimum Gasteiger partial charge on any atom is -0.378 e. The monoisotopic (exact) mass is 126 g/mol. The smallest absolute Gasteiger partial charge is 0.0636 e. The summed E-state index contributed by atoms with van der Waals surface area (Å²) in [5.41, 5.74) is 0. The van der Waals surface area contributed by atoms with Gasteiger partial charge in [0.15, 0.2) is 0 Å². The summed E-state index contributed by atoms with van der Waals surface area (Å²) in [6, 6.07) is 1.11. The van der Waals surface area contributed by atoms with Gasteiger partial charge >= 0.3 is 0 Å². The first kappa shape index (κ1) is 5.69.